The Hall–Kier alpha value is -2.53. The molecule has 0 aromatic heterocycles. The third-order valence-electron chi connectivity index (χ3n) is 3.59. The normalized spacial score (nSPS) is 10.6. The van der Waals surface area contributed by atoms with E-state index in [1.807, 2.05) is 50.2 Å². The first-order valence-electron chi connectivity index (χ1n) is 8.31. The summed E-state index contributed by atoms with van der Waals surface area (Å²) in [6, 6.07) is 15.2. The molecule has 0 saturated heterocycles. The smallest absolute Gasteiger partial charge is 0.258 e. The zero-order chi connectivity index (χ0) is 18.1. The van der Waals surface area contributed by atoms with Crippen LogP contribution in [0, 0.1) is 0 Å². The summed E-state index contributed by atoms with van der Waals surface area (Å²) in [6.07, 6.45) is 0.164. The molecule has 2 rings (SSSR count). The van der Waals surface area contributed by atoms with Crippen LogP contribution in [-0.4, -0.2) is 25.7 Å². The minimum Gasteiger partial charge on any atom is -0.493 e. The molecule has 0 radical (unpaired) electrons. The lowest BCUT2D eigenvalue weighted by atomic mass is 10.1. The second kappa shape index (κ2) is 9.69. The number of ether oxygens (including phenoxy) is 3. The van der Waals surface area contributed by atoms with Gasteiger partial charge in [-0.3, -0.25) is 4.79 Å². The first-order chi connectivity index (χ1) is 12.1. The number of hydrogen-bond acceptors (Lipinski definition) is 4. The number of hydrogen-bond donors (Lipinski definition) is 1. The molecule has 0 bridgehead atoms. The highest BCUT2D eigenvalue weighted by Crippen LogP contribution is 2.25. The van der Waals surface area contributed by atoms with Crippen molar-refractivity contribution in [3.8, 4) is 11.5 Å². The molecule has 1 amide bonds. The molecule has 0 spiro atoms. The van der Waals surface area contributed by atoms with Crippen LogP contribution in [0.15, 0.2) is 48.5 Å². The molecule has 2 aromatic carbocycles. The third kappa shape index (κ3) is 6.12. The lowest BCUT2D eigenvalue weighted by Crippen LogP contribution is -2.28. The van der Waals surface area contributed by atoms with Crippen LogP contribution in [0.2, 0.25) is 0 Å². The van der Waals surface area contributed by atoms with Crippen LogP contribution >= 0.6 is 0 Å². The van der Waals surface area contributed by atoms with Crippen LogP contribution in [0.4, 0.5) is 0 Å². The summed E-state index contributed by atoms with van der Waals surface area (Å²) in [7, 11) is 1.57. The molecule has 0 saturated carbocycles. The van der Waals surface area contributed by atoms with Gasteiger partial charge in [-0.1, -0.05) is 36.4 Å². The highest BCUT2D eigenvalue weighted by Gasteiger charge is 2.08. The van der Waals surface area contributed by atoms with Crippen LogP contribution in [0.25, 0.3) is 0 Å². The number of para-hydroxylation sites is 2. The summed E-state index contributed by atoms with van der Waals surface area (Å²) < 4.78 is 16.4. The number of carbonyl (C=O) groups is 1. The van der Waals surface area contributed by atoms with Gasteiger partial charge in [-0.25, -0.2) is 0 Å². The Labute approximate surface area is 148 Å². The third-order valence-corrected chi connectivity index (χ3v) is 3.59. The molecule has 0 fully saturated rings. The fraction of sp³-hybridized carbons (Fsp3) is 0.350. The Morgan fingerprint density at radius 1 is 1.00 bits per heavy atom. The fourth-order valence-corrected chi connectivity index (χ4v) is 2.25. The lowest BCUT2D eigenvalue weighted by Gasteiger charge is -2.13. The van der Waals surface area contributed by atoms with Gasteiger partial charge in [0.05, 0.1) is 19.8 Å². The minimum absolute atomic E-state index is 0.0645. The average Bonchev–Trinajstić information content (AvgIpc) is 2.63. The van der Waals surface area contributed by atoms with Crippen molar-refractivity contribution >= 4 is 5.91 Å². The van der Waals surface area contributed by atoms with Crippen molar-refractivity contribution in [2.45, 2.75) is 33.1 Å². The van der Waals surface area contributed by atoms with Crippen molar-refractivity contribution in [1.29, 1.82) is 0 Å². The van der Waals surface area contributed by atoms with Crippen molar-refractivity contribution in [2.75, 3.05) is 13.7 Å². The molecule has 0 aliphatic carbocycles. The van der Waals surface area contributed by atoms with E-state index in [4.69, 9.17) is 14.2 Å². The Balaban J connectivity index is 1.86. The fourth-order valence-electron chi connectivity index (χ4n) is 2.25. The van der Waals surface area contributed by atoms with Crippen LogP contribution in [0.1, 0.15) is 25.0 Å². The molecule has 25 heavy (non-hydrogen) atoms. The summed E-state index contributed by atoms with van der Waals surface area (Å²) in [5.74, 6) is 0.961. The molecule has 0 aliphatic rings. The number of carbonyl (C=O) groups excluding carboxylic acids is 1. The SMILES string of the molecule is COc1ccccc1OCC(=O)NCc1ccccc1COC(C)C. The highest BCUT2D eigenvalue weighted by atomic mass is 16.5. The second-order valence-electron chi connectivity index (χ2n) is 5.84. The van der Waals surface area contributed by atoms with Gasteiger partial charge >= 0.3 is 0 Å². The van der Waals surface area contributed by atoms with E-state index in [2.05, 4.69) is 5.32 Å². The Morgan fingerprint density at radius 2 is 1.64 bits per heavy atom. The number of nitrogens with one attached hydrogen (secondary N) is 1. The zero-order valence-electron chi connectivity index (χ0n) is 15.0. The van der Waals surface area contributed by atoms with E-state index in [1.165, 1.54) is 0 Å². The average molecular weight is 343 g/mol. The summed E-state index contributed by atoms with van der Waals surface area (Å²) in [6.45, 7) is 4.90. The highest BCUT2D eigenvalue weighted by molar-refractivity contribution is 5.77. The molecule has 0 unspecified atom stereocenters. The predicted octanol–water partition coefficient (Wildman–Crippen LogP) is 3.32. The molecule has 1 N–H and O–H groups in total. The number of methoxy groups -OCH3 is 1. The Kier molecular flexibility index (Phi) is 7.29. The topological polar surface area (TPSA) is 56.8 Å². The van der Waals surface area contributed by atoms with E-state index in [9.17, 15) is 4.79 Å². The van der Waals surface area contributed by atoms with E-state index >= 15 is 0 Å². The molecule has 5 heteroatoms. The zero-order valence-corrected chi connectivity index (χ0v) is 15.0. The van der Waals surface area contributed by atoms with Crippen molar-refractivity contribution in [3.05, 3.63) is 59.7 Å². The van der Waals surface area contributed by atoms with Crippen LogP contribution < -0.4 is 14.8 Å². The van der Waals surface area contributed by atoms with Crippen LogP contribution in [0.5, 0.6) is 11.5 Å². The summed E-state index contributed by atoms with van der Waals surface area (Å²) in [5.41, 5.74) is 2.11. The van der Waals surface area contributed by atoms with Gasteiger partial charge in [0.1, 0.15) is 0 Å². The van der Waals surface area contributed by atoms with Crippen molar-refractivity contribution in [3.63, 3.8) is 0 Å². The molecule has 0 aliphatic heterocycles. The summed E-state index contributed by atoms with van der Waals surface area (Å²) in [5, 5.41) is 2.87. The quantitative estimate of drug-likeness (QED) is 0.759. The van der Waals surface area contributed by atoms with Crippen molar-refractivity contribution < 1.29 is 19.0 Å². The standard InChI is InChI=1S/C20H25NO4/c1-15(2)24-13-17-9-5-4-8-16(17)12-21-20(22)14-25-19-11-7-6-10-18(19)23-3/h4-11,15H,12-14H2,1-3H3,(H,21,22). The summed E-state index contributed by atoms with van der Waals surface area (Å²) >= 11 is 0. The molecule has 0 atom stereocenters. The monoisotopic (exact) mass is 343 g/mol. The molecule has 5 nitrogen and oxygen atoms in total. The number of rotatable bonds is 9. The van der Waals surface area contributed by atoms with Crippen LogP contribution in [0.3, 0.4) is 0 Å². The predicted molar refractivity (Wildman–Crippen MR) is 96.7 cm³/mol. The summed E-state index contributed by atoms with van der Waals surface area (Å²) in [4.78, 5) is 12.1. The Bertz CT molecular complexity index is 685. The number of amides is 1. The van der Waals surface area contributed by atoms with Gasteiger partial charge < -0.3 is 19.5 Å². The molecular formula is C20H25NO4. The minimum atomic E-state index is -0.189. The maximum absolute atomic E-state index is 12.1. The maximum atomic E-state index is 12.1. The van der Waals surface area contributed by atoms with E-state index in [1.54, 1.807) is 19.2 Å². The van der Waals surface area contributed by atoms with Gasteiger partial charge in [0.15, 0.2) is 18.1 Å². The van der Waals surface area contributed by atoms with Gasteiger partial charge in [-0.15, -0.1) is 0 Å². The van der Waals surface area contributed by atoms with Crippen molar-refractivity contribution in [2.24, 2.45) is 0 Å². The van der Waals surface area contributed by atoms with Gasteiger partial charge in [0, 0.05) is 6.54 Å². The second-order valence-corrected chi connectivity index (χ2v) is 5.84. The lowest BCUT2D eigenvalue weighted by molar-refractivity contribution is -0.123. The molecule has 2 aromatic rings. The van der Waals surface area contributed by atoms with E-state index in [0.29, 0.717) is 24.7 Å². The van der Waals surface area contributed by atoms with Crippen LogP contribution in [-0.2, 0) is 22.7 Å². The first-order valence-corrected chi connectivity index (χ1v) is 8.31. The van der Waals surface area contributed by atoms with Gasteiger partial charge in [-0.2, -0.15) is 0 Å². The molecular weight excluding hydrogens is 318 g/mol. The van der Waals surface area contributed by atoms with E-state index in [-0.39, 0.29) is 18.6 Å². The number of benzene rings is 2. The van der Waals surface area contributed by atoms with E-state index in [0.717, 1.165) is 11.1 Å². The molecule has 0 heterocycles. The van der Waals surface area contributed by atoms with Gasteiger partial charge in [0.2, 0.25) is 0 Å². The van der Waals surface area contributed by atoms with Gasteiger partial charge in [-0.05, 0) is 37.1 Å². The Morgan fingerprint density at radius 3 is 2.32 bits per heavy atom. The molecule has 134 valence electrons. The van der Waals surface area contributed by atoms with Crippen molar-refractivity contribution in [1.82, 2.24) is 5.32 Å². The van der Waals surface area contributed by atoms with E-state index < -0.39 is 0 Å². The van der Waals surface area contributed by atoms with Gasteiger partial charge in [0.25, 0.3) is 5.91 Å². The maximum Gasteiger partial charge on any atom is 0.258 e. The largest absolute Gasteiger partial charge is 0.493 e. The first kappa shape index (κ1) is 18.8.